The predicted molar refractivity (Wildman–Crippen MR) is 81.4 cm³/mol. The van der Waals surface area contributed by atoms with E-state index in [4.69, 9.17) is 0 Å². The highest BCUT2D eigenvalue weighted by atomic mass is 19.1. The monoisotopic (exact) mass is 310 g/mol. The maximum atomic E-state index is 12.8. The Kier molecular flexibility index (Phi) is 6.98. The molecule has 0 aliphatic heterocycles. The summed E-state index contributed by atoms with van der Waals surface area (Å²) in [6.07, 6.45) is 2.52. The summed E-state index contributed by atoms with van der Waals surface area (Å²) in [6, 6.07) is 4.97. The maximum Gasteiger partial charge on any atom is 0.269 e. The van der Waals surface area contributed by atoms with Crippen LogP contribution in [0.4, 0.5) is 4.39 Å². The lowest BCUT2D eigenvalue weighted by molar-refractivity contribution is -0.127. The summed E-state index contributed by atoms with van der Waals surface area (Å²) in [5.74, 6) is -1.44. The molecule has 5 nitrogen and oxygen atoms in total. The molecule has 0 heterocycles. The number of hydrazine groups is 1. The highest BCUT2D eigenvalue weighted by Gasteiger charge is 2.28. The first-order valence-electron chi connectivity index (χ1n) is 7.47. The lowest BCUT2D eigenvalue weighted by Gasteiger charge is -2.26. The van der Waals surface area contributed by atoms with E-state index in [9.17, 15) is 19.1 Å². The van der Waals surface area contributed by atoms with Crippen molar-refractivity contribution in [3.8, 4) is 0 Å². The van der Waals surface area contributed by atoms with Crippen molar-refractivity contribution in [2.45, 2.75) is 51.6 Å². The summed E-state index contributed by atoms with van der Waals surface area (Å²) in [5.41, 5.74) is 3.72. The minimum atomic E-state index is -1.05. The van der Waals surface area contributed by atoms with Gasteiger partial charge in [0, 0.05) is 5.56 Å². The van der Waals surface area contributed by atoms with Crippen LogP contribution in [0.3, 0.4) is 0 Å². The van der Waals surface area contributed by atoms with Gasteiger partial charge in [-0.3, -0.25) is 20.4 Å². The first kappa shape index (κ1) is 18.1. The SMILES string of the molecule is CCCC(O)(CCC)CC(=O)NNC(=O)c1ccc(F)cc1. The molecule has 0 saturated carbocycles. The quantitative estimate of drug-likeness (QED) is 0.676. The van der Waals surface area contributed by atoms with E-state index in [0.717, 1.165) is 25.0 Å². The first-order valence-corrected chi connectivity index (χ1v) is 7.47. The van der Waals surface area contributed by atoms with Gasteiger partial charge < -0.3 is 5.11 Å². The zero-order valence-corrected chi connectivity index (χ0v) is 13.0. The van der Waals surface area contributed by atoms with Crippen molar-refractivity contribution in [2.24, 2.45) is 0 Å². The molecule has 0 bridgehead atoms. The number of carbonyl (C=O) groups excluding carboxylic acids is 2. The fourth-order valence-electron chi connectivity index (χ4n) is 2.38. The molecule has 0 radical (unpaired) electrons. The summed E-state index contributed by atoms with van der Waals surface area (Å²) < 4.78 is 12.8. The largest absolute Gasteiger partial charge is 0.389 e. The van der Waals surface area contributed by atoms with Gasteiger partial charge in [-0.05, 0) is 37.1 Å². The third-order valence-corrected chi connectivity index (χ3v) is 3.34. The zero-order valence-electron chi connectivity index (χ0n) is 13.0. The van der Waals surface area contributed by atoms with E-state index >= 15 is 0 Å². The van der Waals surface area contributed by atoms with Crippen LogP contribution in [-0.2, 0) is 4.79 Å². The minimum Gasteiger partial charge on any atom is -0.389 e. The number of amides is 2. The Morgan fingerprint density at radius 1 is 1.09 bits per heavy atom. The average molecular weight is 310 g/mol. The number of hydrogen-bond donors (Lipinski definition) is 3. The van der Waals surface area contributed by atoms with E-state index in [2.05, 4.69) is 10.9 Å². The molecule has 1 aromatic rings. The molecule has 0 aliphatic carbocycles. The van der Waals surface area contributed by atoms with Crippen LogP contribution >= 0.6 is 0 Å². The van der Waals surface area contributed by atoms with E-state index in [-0.39, 0.29) is 12.0 Å². The maximum absolute atomic E-state index is 12.8. The Labute approximate surface area is 129 Å². The summed E-state index contributed by atoms with van der Waals surface area (Å²) in [4.78, 5) is 23.6. The molecule has 122 valence electrons. The summed E-state index contributed by atoms with van der Waals surface area (Å²) in [6.45, 7) is 3.88. The van der Waals surface area contributed by atoms with Gasteiger partial charge in [-0.15, -0.1) is 0 Å². The van der Waals surface area contributed by atoms with Gasteiger partial charge in [-0.2, -0.15) is 0 Å². The van der Waals surface area contributed by atoms with Crippen molar-refractivity contribution in [3.05, 3.63) is 35.6 Å². The van der Waals surface area contributed by atoms with Crippen LogP contribution in [0.5, 0.6) is 0 Å². The molecule has 0 spiro atoms. The molecule has 0 unspecified atom stereocenters. The topological polar surface area (TPSA) is 78.4 Å². The molecular formula is C16H23FN2O3. The van der Waals surface area contributed by atoms with Gasteiger partial charge in [0.15, 0.2) is 0 Å². The molecule has 6 heteroatoms. The van der Waals surface area contributed by atoms with Crippen LogP contribution in [0.1, 0.15) is 56.3 Å². The van der Waals surface area contributed by atoms with Crippen molar-refractivity contribution >= 4 is 11.8 Å². The van der Waals surface area contributed by atoms with Crippen LogP contribution in [0.25, 0.3) is 0 Å². The fourth-order valence-corrected chi connectivity index (χ4v) is 2.38. The zero-order chi connectivity index (χ0) is 16.6. The van der Waals surface area contributed by atoms with Gasteiger partial charge in [0.2, 0.25) is 5.91 Å². The lowest BCUT2D eigenvalue weighted by atomic mass is 9.89. The standard InChI is InChI=1S/C16H23FN2O3/c1-3-9-16(22,10-4-2)11-14(20)18-19-15(21)12-5-7-13(17)8-6-12/h5-8,22H,3-4,9-11H2,1-2H3,(H,18,20)(H,19,21). The molecular weight excluding hydrogens is 287 g/mol. The average Bonchev–Trinajstić information content (AvgIpc) is 2.45. The Morgan fingerprint density at radius 3 is 2.14 bits per heavy atom. The van der Waals surface area contributed by atoms with Crippen LogP contribution in [-0.4, -0.2) is 22.5 Å². The van der Waals surface area contributed by atoms with Crippen LogP contribution in [0.2, 0.25) is 0 Å². The second-order valence-corrected chi connectivity index (χ2v) is 5.41. The molecule has 2 amide bonds. The van der Waals surface area contributed by atoms with Crippen molar-refractivity contribution in [3.63, 3.8) is 0 Å². The second-order valence-electron chi connectivity index (χ2n) is 5.41. The van der Waals surface area contributed by atoms with E-state index in [1.165, 1.54) is 12.1 Å². The van der Waals surface area contributed by atoms with Crippen molar-refractivity contribution < 1.29 is 19.1 Å². The van der Waals surface area contributed by atoms with Gasteiger partial charge in [0.1, 0.15) is 5.82 Å². The van der Waals surface area contributed by atoms with Crippen LogP contribution in [0, 0.1) is 5.82 Å². The minimum absolute atomic E-state index is 0.0711. The summed E-state index contributed by atoms with van der Waals surface area (Å²) in [7, 11) is 0. The number of nitrogens with one attached hydrogen (secondary N) is 2. The molecule has 0 fully saturated rings. The number of benzene rings is 1. The molecule has 0 aliphatic rings. The molecule has 1 rings (SSSR count). The van der Waals surface area contributed by atoms with E-state index in [1.54, 1.807) is 0 Å². The summed E-state index contributed by atoms with van der Waals surface area (Å²) >= 11 is 0. The molecule has 0 atom stereocenters. The smallest absolute Gasteiger partial charge is 0.269 e. The lowest BCUT2D eigenvalue weighted by Crippen LogP contribution is -2.45. The van der Waals surface area contributed by atoms with Gasteiger partial charge >= 0.3 is 0 Å². The summed E-state index contributed by atoms with van der Waals surface area (Å²) in [5, 5.41) is 10.4. The van der Waals surface area contributed by atoms with Crippen molar-refractivity contribution in [2.75, 3.05) is 0 Å². The van der Waals surface area contributed by atoms with E-state index in [0.29, 0.717) is 12.8 Å². The Morgan fingerprint density at radius 2 is 1.64 bits per heavy atom. The molecule has 1 aromatic carbocycles. The second kappa shape index (κ2) is 8.48. The predicted octanol–water partition coefficient (Wildman–Crippen LogP) is 2.31. The Hall–Kier alpha value is -1.95. The highest BCUT2D eigenvalue weighted by Crippen LogP contribution is 2.23. The van der Waals surface area contributed by atoms with Gasteiger partial charge in [0.25, 0.3) is 5.91 Å². The highest BCUT2D eigenvalue weighted by molar-refractivity contribution is 5.95. The van der Waals surface area contributed by atoms with Crippen molar-refractivity contribution in [1.29, 1.82) is 0 Å². The van der Waals surface area contributed by atoms with E-state index in [1.807, 2.05) is 13.8 Å². The Bertz CT molecular complexity index is 497. The van der Waals surface area contributed by atoms with E-state index < -0.39 is 23.2 Å². The fraction of sp³-hybridized carbons (Fsp3) is 0.500. The van der Waals surface area contributed by atoms with Gasteiger partial charge in [0.05, 0.1) is 12.0 Å². The van der Waals surface area contributed by atoms with Gasteiger partial charge in [-0.25, -0.2) is 4.39 Å². The third kappa shape index (κ3) is 5.81. The number of aliphatic hydroxyl groups is 1. The Balaban J connectivity index is 2.51. The van der Waals surface area contributed by atoms with Crippen LogP contribution < -0.4 is 10.9 Å². The number of hydrogen-bond acceptors (Lipinski definition) is 3. The molecule has 0 aromatic heterocycles. The molecule has 0 saturated heterocycles. The molecule has 3 N–H and O–H groups in total. The number of halogens is 1. The van der Waals surface area contributed by atoms with Crippen LogP contribution in [0.15, 0.2) is 24.3 Å². The van der Waals surface area contributed by atoms with Gasteiger partial charge in [-0.1, -0.05) is 26.7 Å². The molecule has 22 heavy (non-hydrogen) atoms. The number of rotatable bonds is 7. The first-order chi connectivity index (χ1) is 10.4. The number of carbonyl (C=O) groups is 2. The normalized spacial score (nSPS) is 11.1. The third-order valence-electron chi connectivity index (χ3n) is 3.34. The van der Waals surface area contributed by atoms with Crippen molar-refractivity contribution in [1.82, 2.24) is 10.9 Å².